The topological polar surface area (TPSA) is 77.3 Å². The standard InChI is InChI=1S/C31H42ClN5O/c1-7-21(3)20-34-31(36-30(38)25-11-9-10-23(17-25)19-33)35-29-18-28(24-12-14-26(32)15-13-24)22(4)16-27(8-2)37(29,5)6/h9-15,17,21-22,27-29H,7-8,16,18,20H2,1-6H3,(H-,34,35,36,38)/p+1. The van der Waals surface area contributed by atoms with E-state index in [4.69, 9.17) is 16.6 Å². The van der Waals surface area contributed by atoms with Gasteiger partial charge in [0.05, 0.1) is 31.8 Å². The summed E-state index contributed by atoms with van der Waals surface area (Å²) in [6.07, 6.45) is 4.12. The highest BCUT2D eigenvalue weighted by Gasteiger charge is 2.43. The molecule has 6 nitrogen and oxygen atoms in total. The van der Waals surface area contributed by atoms with E-state index in [2.05, 4.69) is 70.6 Å². The number of nitriles is 1. The smallest absolute Gasteiger partial charge is 0.257 e. The minimum absolute atomic E-state index is 0.0343. The molecule has 204 valence electrons. The van der Waals surface area contributed by atoms with E-state index in [1.807, 2.05) is 12.1 Å². The third kappa shape index (κ3) is 7.36. The fraction of sp³-hybridized carbons (Fsp3) is 0.516. The number of rotatable bonds is 7. The van der Waals surface area contributed by atoms with Crippen molar-refractivity contribution in [3.63, 3.8) is 0 Å². The van der Waals surface area contributed by atoms with Gasteiger partial charge in [0.2, 0.25) is 5.96 Å². The summed E-state index contributed by atoms with van der Waals surface area (Å²) in [5.74, 6) is 1.46. The van der Waals surface area contributed by atoms with Crippen LogP contribution in [0.2, 0.25) is 5.02 Å². The Hall–Kier alpha value is -2.88. The summed E-state index contributed by atoms with van der Waals surface area (Å²) in [7, 11) is 4.57. The second kappa shape index (κ2) is 13.3. The van der Waals surface area contributed by atoms with Crippen LogP contribution in [-0.2, 0) is 0 Å². The largest absolute Gasteiger partial charge is 0.307 e. The van der Waals surface area contributed by atoms with Crippen molar-refractivity contribution in [3.05, 3.63) is 70.2 Å². The quantitative estimate of drug-likeness (QED) is 0.246. The van der Waals surface area contributed by atoms with Gasteiger partial charge in [-0.05, 0) is 60.1 Å². The van der Waals surface area contributed by atoms with Gasteiger partial charge in [-0.25, -0.2) is 0 Å². The van der Waals surface area contributed by atoms with Crippen LogP contribution in [0, 0.1) is 23.2 Å². The second-order valence-electron chi connectivity index (χ2n) is 11.3. The molecule has 5 unspecified atom stereocenters. The first-order valence-corrected chi connectivity index (χ1v) is 14.2. The fourth-order valence-corrected chi connectivity index (χ4v) is 5.59. The van der Waals surface area contributed by atoms with Crippen LogP contribution in [-0.4, -0.2) is 49.2 Å². The molecule has 2 N–H and O–H groups in total. The van der Waals surface area contributed by atoms with Crippen molar-refractivity contribution in [2.75, 3.05) is 20.6 Å². The summed E-state index contributed by atoms with van der Waals surface area (Å²) in [5, 5.41) is 16.7. The van der Waals surface area contributed by atoms with Crippen molar-refractivity contribution in [2.24, 2.45) is 16.8 Å². The van der Waals surface area contributed by atoms with Gasteiger partial charge in [0.25, 0.3) is 5.91 Å². The Morgan fingerprint density at radius 3 is 2.53 bits per heavy atom. The van der Waals surface area contributed by atoms with Gasteiger partial charge in [-0.1, -0.05) is 63.9 Å². The van der Waals surface area contributed by atoms with Gasteiger partial charge < -0.3 is 9.80 Å². The molecule has 3 rings (SSSR count). The lowest BCUT2D eigenvalue weighted by atomic mass is 9.82. The van der Waals surface area contributed by atoms with E-state index in [1.165, 1.54) is 5.56 Å². The summed E-state index contributed by atoms with van der Waals surface area (Å²) in [4.78, 5) is 18.1. The van der Waals surface area contributed by atoms with Crippen molar-refractivity contribution < 1.29 is 9.28 Å². The number of hydrogen-bond acceptors (Lipinski definition) is 3. The van der Waals surface area contributed by atoms with Crippen LogP contribution in [0.3, 0.4) is 0 Å². The van der Waals surface area contributed by atoms with Crippen LogP contribution in [0.1, 0.15) is 80.8 Å². The van der Waals surface area contributed by atoms with Crippen molar-refractivity contribution in [3.8, 4) is 6.07 Å². The van der Waals surface area contributed by atoms with Gasteiger partial charge in [0.1, 0.15) is 0 Å². The molecule has 0 aromatic heterocycles. The van der Waals surface area contributed by atoms with Crippen molar-refractivity contribution in [1.29, 1.82) is 5.26 Å². The van der Waals surface area contributed by atoms with Crippen molar-refractivity contribution >= 4 is 23.5 Å². The number of aliphatic imine (C=N–C) groups is 1. The molecule has 2 aromatic carbocycles. The monoisotopic (exact) mass is 536 g/mol. The molecule has 1 heterocycles. The van der Waals surface area contributed by atoms with Gasteiger partial charge in [-0.15, -0.1) is 0 Å². The number of guanidine groups is 1. The summed E-state index contributed by atoms with van der Waals surface area (Å²) in [6.45, 7) is 9.54. The van der Waals surface area contributed by atoms with Gasteiger partial charge >= 0.3 is 0 Å². The van der Waals surface area contributed by atoms with Gasteiger partial charge in [0.15, 0.2) is 6.17 Å². The summed E-state index contributed by atoms with van der Waals surface area (Å²) in [6, 6.07) is 17.6. The molecule has 0 radical (unpaired) electrons. The predicted molar refractivity (Wildman–Crippen MR) is 156 cm³/mol. The second-order valence-corrected chi connectivity index (χ2v) is 11.7. The zero-order valence-electron chi connectivity index (χ0n) is 23.7. The van der Waals surface area contributed by atoms with E-state index >= 15 is 0 Å². The van der Waals surface area contributed by atoms with Crippen LogP contribution in [0.4, 0.5) is 0 Å². The van der Waals surface area contributed by atoms with Crippen LogP contribution < -0.4 is 10.6 Å². The number of hydrogen-bond donors (Lipinski definition) is 2. The third-order valence-corrected chi connectivity index (χ3v) is 8.62. The average Bonchev–Trinajstić information content (AvgIpc) is 3.00. The Morgan fingerprint density at radius 1 is 1.18 bits per heavy atom. The number of halogens is 1. The maximum Gasteiger partial charge on any atom is 0.257 e. The molecule has 1 saturated heterocycles. The van der Waals surface area contributed by atoms with Crippen molar-refractivity contribution in [1.82, 2.24) is 10.6 Å². The maximum atomic E-state index is 13.2. The number of quaternary nitrogens is 1. The number of benzene rings is 2. The summed E-state index contributed by atoms with van der Waals surface area (Å²) < 4.78 is 0.785. The molecular weight excluding hydrogens is 494 g/mol. The molecule has 38 heavy (non-hydrogen) atoms. The Kier molecular flexibility index (Phi) is 10.4. The third-order valence-electron chi connectivity index (χ3n) is 8.37. The zero-order chi connectivity index (χ0) is 27.9. The van der Waals surface area contributed by atoms with Crippen molar-refractivity contribution in [2.45, 2.75) is 71.5 Å². The lowest BCUT2D eigenvalue weighted by Gasteiger charge is -2.43. The molecule has 0 bridgehead atoms. The van der Waals surface area contributed by atoms with E-state index < -0.39 is 0 Å². The van der Waals surface area contributed by atoms with Crippen LogP contribution in [0.15, 0.2) is 53.5 Å². The van der Waals surface area contributed by atoms with Gasteiger partial charge in [0, 0.05) is 30.0 Å². The predicted octanol–water partition coefficient (Wildman–Crippen LogP) is 6.33. The lowest BCUT2D eigenvalue weighted by Crippen LogP contribution is -2.63. The van der Waals surface area contributed by atoms with E-state index in [0.29, 0.717) is 47.4 Å². The highest BCUT2D eigenvalue weighted by atomic mass is 35.5. The van der Waals surface area contributed by atoms with Crippen LogP contribution >= 0.6 is 11.6 Å². The average molecular weight is 537 g/mol. The van der Waals surface area contributed by atoms with Gasteiger partial charge in [-0.3, -0.25) is 15.1 Å². The van der Waals surface area contributed by atoms with Gasteiger partial charge in [-0.2, -0.15) is 5.26 Å². The molecule has 1 fully saturated rings. The minimum Gasteiger partial charge on any atom is -0.307 e. The molecular formula is C31H43ClN5O+. The van der Waals surface area contributed by atoms with Crippen LogP contribution in [0.5, 0.6) is 0 Å². The summed E-state index contributed by atoms with van der Waals surface area (Å²) >= 11 is 6.21. The lowest BCUT2D eigenvalue weighted by molar-refractivity contribution is -0.940. The minimum atomic E-state index is -0.272. The maximum absolute atomic E-state index is 13.2. The first kappa shape index (κ1) is 29.7. The molecule has 5 atom stereocenters. The molecule has 0 saturated carbocycles. The Morgan fingerprint density at radius 2 is 1.89 bits per heavy atom. The molecule has 1 amide bonds. The Labute approximate surface area is 233 Å². The number of carbonyl (C=O) groups excluding carboxylic acids is 1. The molecule has 1 aliphatic rings. The number of carbonyl (C=O) groups is 1. The molecule has 7 heteroatoms. The molecule has 2 aromatic rings. The number of nitrogens with zero attached hydrogens (tertiary/aromatic N) is 3. The van der Waals surface area contributed by atoms with E-state index in [1.54, 1.807) is 24.3 Å². The SMILES string of the molecule is CCC(C)CN=C(NC(=O)c1cccc(C#N)c1)NC1CC(c2ccc(Cl)cc2)C(C)CC(CC)[N+]1(C)C. The Balaban J connectivity index is 1.95. The summed E-state index contributed by atoms with van der Waals surface area (Å²) in [5.41, 5.74) is 2.19. The van der Waals surface area contributed by atoms with E-state index in [-0.39, 0.29) is 12.1 Å². The molecule has 1 aliphatic heterocycles. The molecule has 0 aliphatic carbocycles. The van der Waals surface area contributed by atoms with E-state index in [0.717, 1.165) is 35.2 Å². The number of likely N-dealkylation sites (tertiary alicyclic amines) is 1. The fourth-order valence-electron chi connectivity index (χ4n) is 5.47. The highest BCUT2D eigenvalue weighted by molar-refractivity contribution is 6.30. The van der Waals surface area contributed by atoms with Crippen LogP contribution in [0.25, 0.3) is 0 Å². The first-order chi connectivity index (χ1) is 18.1. The number of nitrogens with one attached hydrogen (secondary N) is 2. The molecule has 0 spiro atoms. The Bertz CT molecular complexity index is 1150. The number of amides is 1. The first-order valence-electron chi connectivity index (χ1n) is 13.8. The normalized spacial score (nSPS) is 24.1. The zero-order valence-corrected chi connectivity index (χ0v) is 24.4. The highest BCUT2D eigenvalue weighted by Crippen LogP contribution is 2.40. The van der Waals surface area contributed by atoms with E-state index in [9.17, 15) is 10.1 Å².